The lowest BCUT2D eigenvalue weighted by atomic mass is 10.0. The van der Waals surface area contributed by atoms with Gasteiger partial charge in [-0.25, -0.2) is 4.79 Å². The summed E-state index contributed by atoms with van der Waals surface area (Å²) in [5, 5.41) is 12.2. The van der Waals surface area contributed by atoms with Gasteiger partial charge in [0, 0.05) is 23.9 Å². The van der Waals surface area contributed by atoms with Crippen LogP contribution in [0.1, 0.15) is 0 Å². The number of anilines is 1. The van der Waals surface area contributed by atoms with E-state index in [1.807, 2.05) is 42.5 Å². The number of carbonyl (C=O) groups excluding carboxylic acids is 2. The second-order valence-electron chi connectivity index (χ2n) is 6.56. The molecule has 2 N–H and O–H groups in total. The minimum absolute atomic E-state index is 0.0928. The summed E-state index contributed by atoms with van der Waals surface area (Å²) in [6, 6.07) is 13.0. The molecular formula is C22H24N2O6. The molecule has 1 aliphatic heterocycles. The fraction of sp³-hybridized carbons (Fsp3) is 0.273. The summed E-state index contributed by atoms with van der Waals surface area (Å²) >= 11 is 0. The van der Waals surface area contributed by atoms with E-state index in [9.17, 15) is 9.59 Å². The van der Waals surface area contributed by atoms with Gasteiger partial charge in [-0.3, -0.25) is 4.79 Å². The van der Waals surface area contributed by atoms with Crippen LogP contribution < -0.4 is 14.8 Å². The van der Waals surface area contributed by atoms with Crippen molar-refractivity contribution in [1.82, 2.24) is 4.90 Å². The van der Waals surface area contributed by atoms with Gasteiger partial charge in [0.25, 0.3) is 5.91 Å². The molecule has 1 amide bonds. The second kappa shape index (κ2) is 9.32. The van der Waals surface area contributed by atoms with E-state index in [2.05, 4.69) is 5.32 Å². The van der Waals surface area contributed by atoms with E-state index in [1.54, 1.807) is 14.2 Å². The molecule has 0 unspecified atom stereocenters. The molecule has 2 aromatic carbocycles. The zero-order valence-corrected chi connectivity index (χ0v) is 17.1. The maximum Gasteiger partial charge on any atom is 0.337 e. The van der Waals surface area contributed by atoms with Crippen molar-refractivity contribution in [3.8, 4) is 22.6 Å². The second-order valence-corrected chi connectivity index (χ2v) is 6.56. The summed E-state index contributed by atoms with van der Waals surface area (Å²) in [6.07, 6.45) is 0. The van der Waals surface area contributed by atoms with Crippen molar-refractivity contribution >= 4 is 17.6 Å². The fourth-order valence-electron chi connectivity index (χ4n) is 3.26. The maximum atomic E-state index is 12.6. The first-order chi connectivity index (χ1) is 14.5. The molecule has 0 saturated heterocycles. The Labute approximate surface area is 174 Å². The van der Waals surface area contributed by atoms with Crippen LogP contribution in [0.2, 0.25) is 0 Å². The molecule has 0 aliphatic carbocycles. The van der Waals surface area contributed by atoms with Crippen molar-refractivity contribution in [2.75, 3.05) is 46.3 Å². The summed E-state index contributed by atoms with van der Waals surface area (Å²) in [4.78, 5) is 26.1. The number of carbonyl (C=O) groups is 2. The molecule has 30 heavy (non-hydrogen) atoms. The predicted molar refractivity (Wildman–Crippen MR) is 111 cm³/mol. The molecule has 2 aromatic rings. The number of β-amino-alcohol motifs (C(OH)–C–C–N with tert-alkyl or cyclic N) is 1. The number of esters is 1. The monoisotopic (exact) mass is 412 g/mol. The van der Waals surface area contributed by atoms with Crippen LogP contribution in [0.4, 0.5) is 5.69 Å². The third-order valence-corrected chi connectivity index (χ3v) is 4.83. The number of benzene rings is 2. The van der Waals surface area contributed by atoms with E-state index >= 15 is 0 Å². The molecule has 8 nitrogen and oxygen atoms in total. The maximum absolute atomic E-state index is 12.6. The Hall–Kier alpha value is -3.52. The van der Waals surface area contributed by atoms with E-state index in [1.165, 1.54) is 12.0 Å². The molecule has 0 atom stereocenters. The summed E-state index contributed by atoms with van der Waals surface area (Å²) < 4.78 is 15.5. The van der Waals surface area contributed by atoms with Crippen LogP contribution in [-0.4, -0.2) is 62.9 Å². The lowest BCUT2D eigenvalue weighted by Gasteiger charge is -2.15. The van der Waals surface area contributed by atoms with Crippen molar-refractivity contribution in [2.24, 2.45) is 0 Å². The number of hydrogen-bond donors (Lipinski definition) is 2. The Morgan fingerprint density at radius 3 is 2.43 bits per heavy atom. The topological polar surface area (TPSA) is 97.3 Å². The highest BCUT2D eigenvalue weighted by Crippen LogP contribution is 2.34. The Kier molecular flexibility index (Phi) is 6.58. The lowest BCUT2D eigenvalue weighted by molar-refractivity contribution is -0.136. The minimum Gasteiger partial charge on any atom is -0.497 e. The molecule has 0 bridgehead atoms. The molecule has 0 saturated carbocycles. The Balaban J connectivity index is 1.86. The third kappa shape index (κ3) is 4.23. The van der Waals surface area contributed by atoms with Crippen LogP contribution in [-0.2, 0) is 14.3 Å². The number of nitrogens with zero attached hydrogens (tertiary/aromatic N) is 1. The number of amides is 1. The average Bonchev–Trinajstić information content (AvgIpc) is 3.09. The lowest BCUT2D eigenvalue weighted by Crippen LogP contribution is -2.31. The molecule has 3 rings (SSSR count). The van der Waals surface area contributed by atoms with E-state index in [-0.39, 0.29) is 36.9 Å². The van der Waals surface area contributed by atoms with E-state index in [0.29, 0.717) is 17.2 Å². The first-order valence-electron chi connectivity index (χ1n) is 9.33. The van der Waals surface area contributed by atoms with Gasteiger partial charge in [-0.2, -0.15) is 0 Å². The van der Waals surface area contributed by atoms with Crippen molar-refractivity contribution in [1.29, 1.82) is 0 Å². The number of methoxy groups -OCH3 is 3. The van der Waals surface area contributed by atoms with Crippen LogP contribution in [0.5, 0.6) is 11.5 Å². The normalized spacial score (nSPS) is 13.5. The predicted octanol–water partition coefficient (Wildman–Crippen LogP) is 2.04. The number of hydrogen-bond acceptors (Lipinski definition) is 7. The summed E-state index contributed by atoms with van der Waals surface area (Å²) in [6.45, 7) is 0.0438. The molecule has 1 aliphatic rings. The van der Waals surface area contributed by atoms with Crippen molar-refractivity contribution < 1.29 is 28.9 Å². The first kappa shape index (κ1) is 21.2. The van der Waals surface area contributed by atoms with Crippen LogP contribution in [0, 0.1) is 0 Å². The first-order valence-corrected chi connectivity index (χ1v) is 9.33. The molecule has 8 heteroatoms. The van der Waals surface area contributed by atoms with Gasteiger partial charge in [-0.1, -0.05) is 12.1 Å². The van der Waals surface area contributed by atoms with Gasteiger partial charge in [0.2, 0.25) is 0 Å². The van der Waals surface area contributed by atoms with Crippen LogP contribution in [0.3, 0.4) is 0 Å². The average molecular weight is 412 g/mol. The Bertz CT molecular complexity index is 968. The van der Waals surface area contributed by atoms with Gasteiger partial charge in [-0.15, -0.1) is 0 Å². The zero-order valence-electron chi connectivity index (χ0n) is 17.1. The Morgan fingerprint density at radius 1 is 1.10 bits per heavy atom. The smallest absolute Gasteiger partial charge is 0.337 e. The van der Waals surface area contributed by atoms with Crippen molar-refractivity contribution in [3.05, 3.63) is 53.7 Å². The molecule has 0 aromatic heterocycles. The highest BCUT2D eigenvalue weighted by Gasteiger charge is 2.34. The third-order valence-electron chi connectivity index (χ3n) is 4.83. The highest BCUT2D eigenvalue weighted by atomic mass is 16.5. The largest absolute Gasteiger partial charge is 0.497 e. The van der Waals surface area contributed by atoms with E-state index in [4.69, 9.17) is 19.3 Å². The van der Waals surface area contributed by atoms with E-state index in [0.717, 1.165) is 11.1 Å². The van der Waals surface area contributed by atoms with Crippen LogP contribution in [0.25, 0.3) is 11.1 Å². The van der Waals surface area contributed by atoms with Gasteiger partial charge in [-0.05, 0) is 29.8 Å². The Morgan fingerprint density at radius 2 is 1.83 bits per heavy atom. The fourth-order valence-corrected chi connectivity index (χ4v) is 3.26. The number of aliphatic hydroxyl groups is 1. The molecule has 1 heterocycles. The van der Waals surface area contributed by atoms with Gasteiger partial charge in [0.05, 0.1) is 40.1 Å². The number of aliphatic hydroxyl groups excluding tert-OH is 1. The number of rotatable bonds is 8. The van der Waals surface area contributed by atoms with Gasteiger partial charge in [0.1, 0.15) is 17.2 Å². The minimum atomic E-state index is -0.578. The molecule has 0 spiro atoms. The van der Waals surface area contributed by atoms with Crippen LogP contribution >= 0.6 is 0 Å². The molecule has 0 fully saturated rings. The molecule has 0 radical (unpaired) electrons. The van der Waals surface area contributed by atoms with Gasteiger partial charge in [0.15, 0.2) is 0 Å². The summed E-state index contributed by atoms with van der Waals surface area (Å²) in [5.41, 5.74) is 2.84. The standard InChI is InChI=1S/C22H24N2O6/c1-28-16-8-9-17(19(12-16)29-2)14-4-6-15(7-5-14)23-20-18(22(27)30-3)13-24(10-11-25)21(20)26/h4-9,12,23,25H,10-11,13H2,1-3H3. The summed E-state index contributed by atoms with van der Waals surface area (Å²) in [5.74, 6) is 0.441. The van der Waals surface area contributed by atoms with Gasteiger partial charge >= 0.3 is 5.97 Å². The zero-order chi connectivity index (χ0) is 21.7. The number of nitrogens with one attached hydrogen (secondary N) is 1. The molecule has 158 valence electrons. The quantitative estimate of drug-likeness (QED) is 0.641. The highest BCUT2D eigenvalue weighted by molar-refractivity contribution is 6.08. The van der Waals surface area contributed by atoms with Gasteiger partial charge < -0.3 is 29.5 Å². The number of ether oxygens (including phenoxy) is 3. The van der Waals surface area contributed by atoms with E-state index < -0.39 is 5.97 Å². The summed E-state index contributed by atoms with van der Waals surface area (Å²) in [7, 11) is 4.46. The van der Waals surface area contributed by atoms with Crippen LogP contribution in [0.15, 0.2) is 53.7 Å². The SMILES string of the molecule is COC(=O)C1=C(Nc2ccc(-c3ccc(OC)cc3OC)cc2)C(=O)N(CCO)C1. The van der Waals surface area contributed by atoms with Crippen molar-refractivity contribution in [2.45, 2.75) is 0 Å². The molecular weight excluding hydrogens is 388 g/mol. The van der Waals surface area contributed by atoms with Crippen molar-refractivity contribution in [3.63, 3.8) is 0 Å².